The first-order valence-electron chi connectivity index (χ1n) is 11.5. The number of urea groups is 1. The third-order valence-corrected chi connectivity index (χ3v) is 6.87. The van der Waals surface area contributed by atoms with Crippen molar-refractivity contribution in [3.8, 4) is 5.88 Å². The van der Waals surface area contributed by atoms with Gasteiger partial charge in [0.05, 0.1) is 10.9 Å². The first-order valence-corrected chi connectivity index (χ1v) is 11.5. The zero-order valence-electron chi connectivity index (χ0n) is 18.2. The van der Waals surface area contributed by atoms with Crippen molar-refractivity contribution in [2.45, 2.75) is 36.6 Å². The molecule has 3 heterocycles. The van der Waals surface area contributed by atoms with Crippen LogP contribution in [-0.2, 0) is 0 Å². The number of carbonyl (C=O) groups is 1. The van der Waals surface area contributed by atoms with Crippen LogP contribution in [-0.4, -0.2) is 57.9 Å². The second-order valence-corrected chi connectivity index (χ2v) is 9.18. The summed E-state index contributed by atoms with van der Waals surface area (Å²) in [5.74, 6) is 0.690. The quantitative estimate of drug-likeness (QED) is 0.576. The van der Waals surface area contributed by atoms with E-state index in [9.17, 15) is 9.90 Å². The van der Waals surface area contributed by atoms with Crippen LogP contribution in [0.4, 0.5) is 4.79 Å². The highest BCUT2D eigenvalue weighted by Gasteiger charge is 2.40. The molecule has 33 heavy (non-hydrogen) atoms. The van der Waals surface area contributed by atoms with E-state index in [1.807, 2.05) is 47.5 Å². The number of rotatable bonds is 4. The number of aromatic hydroxyl groups is 1. The largest absolute Gasteiger partial charge is 0.493 e. The van der Waals surface area contributed by atoms with E-state index >= 15 is 0 Å². The summed E-state index contributed by atoms with van der Waals surface area (Å²) in [6, 6.07) is 16.4. The molecule has 3 N–H and O–H groups in total. The summed E-state index contributed by atoms with van der Waals surface area (Å²) in [6.07, 6.45) is 3.98. The van der Waals surface area contributed by atoms with E-state index in [4.69, 9.17) is 4.98 Å². The molecule has 8 nitrogen and oxygen atoms in total. The van der Waals surface area contributed by atoms with E-state index in [0.717, 1.165) is 30.5 Å². The van der Waals surface area contributed by atoms with E-state index < -0.39 is 0 Å². The van der Waals surface area contributed by atoms with Crippen molar-refractivity contribution in [1.82, 2.24) is 25.6 Å². The monoisotopic (exact) mass is 442 g/mol. The van der Waals surface area contributed by atoms with Gasteiger partial charge in [-0.05, 0) is 36.1 Å². The van der Waals surface area contributed by atoms with Crippen molar-refractivity contribution < 1.29 is 9.90 Å². The highest BCUT2D eigenvalue weighted by Crippen LogP contribution is 2.40. The molecule has 1 unspecified atom stereocenters. The maximum atomic E-state index is 12.8. The molecule has 3 aromatic rings. The molecule has 8 heteroatoms. The number of likely N-dealkylation sites (tertiary alicyclic amines) is 1. The zero-order chi connectivity index (χ0) is 22.4. The van der Waals surface area contributed by atoms with Gasteiger partial charge in [0, 0.05) is 49.6 Å². The molecule has 2 aliphatic heterocycles. The Balaban J connectivity index is 1.34. The lowest BCUT2D eigenvalue weighted by Gasteiger charge is -2.18. The average Bonchev–Trinajstić information content (AvgIpc) is 3.31. The maximum Gasteiger partial charge on any atom is 0.317 e. The Morgan fingerprint density at radius 3 is 2.61 bits per heavy atom. The van der Waals surface area contributed by atoms with E-state index in [-0.39, 0.29) is 29.7 Å². The minimum atomic E-state index is -0.0986. The predicted molar refractivity (Wildman–Crippen MR) is 125 cm³/mol. The smallest absolute Gasteiger partial charge is 0.317 e. The number of aromatic nitrogens is 2. The minimum absolute atomic E-state index is 0.0209. The van der Waals surface area contributed by atoms with Gasteiger partial charge in [-0.25, -0.2) is 9.78 Å². The summed E-state index contributed by atoms with van der Waals surface area (Å²) in [7, 11) is 0. The van der Waals surface area contributed by atoms with E-state index in [2.05, 4.69) is 33.0 Å². The van der Waals surface area contributed by atoms with Crippen molar-refractivity contribution in [2.24, 2.45) is 5.10 Å². The Labute approximate surface area is 191 Å². The van der Waals surface area contributed by atoms with Crippen LogP contribution in [0.2, 0.25) is 0 Å². The van der Waals surface area contributed by atoms with Gasteiger partial charge in [0.15, 0.2) is 0 Å². The van der Waals surface area contributed by atoms with Gasteiger partial charge in [-0.15, -0.1) is 0 Å². The Hall–Kier alpha value is -3.68. The predicted octanol–water partition coefficient (Wildman–Crippen LogP) is 3.06. The lowest BCUT2D eigenvalue weighted by Crippen LogP contribution is -2.39. The maximum absolute atomic E-state index is 12.8. The molecule has 0 bridgehead atoms. The minimum Gasteiger partial charge on any atom is -0.493 e. The number of hydrogen-bond donors (Lipinski definition) is 3. The molecular weight excluding hydrogens is 416 g/mol. The Morgan fingerprint density at radius 2 is 1.85 bits per heavy atom. The van der Waals surface area contributed by atoms with Crippen molar-refractivity contribution >= 4 is 23.1 Å². The lowest BCUT2D eigenvalue weighted by atomic mass is 9.88. The summed E-state index contributed by atoms with van der Waals surface area (Å²) in [4.78, 5) is 24.0. The van der Waals surface area contributed by atoms with Crippen LogP contribution in [0.15, 0.2) is 53.6 Å². The molecule has 2 aromatic carbocycles. The molecule has 168 valence electrons. The number of hydrazone groups is 1. The number of benzene rings is 2. The topological polar surface area (TPSA) is 103 Å². The van der Waals surface area contributed by atoms with Crippen molar-refractivity contribution in [2.75, 3.05) is 19.6 Å². The molecule has 1 saturated carbocycles. The van der Waals surface area contributed by atoms with Crippen LogP contribution in [0.5, 0.6) is 5.88 Å². The number of fused-ring (bicyclic) bond motifs is 1. The second kappa shape index (κ2) is 8.03. The highest BCUT2D eigenvalue weighted by atomic mass is 16.3. The zero-order valence-corrected chi connectivity index (χ0v) is 18.2. The average molecular weight is 443 g/mol. The fourth-order valence-electron chi connectivity index (χ4n) is 4.86. The SMILES string of the molecule is O=C(NC1CC1)N1C[C@@H](c2ccccc2)[C@H](c2nc(O)c3cc(C4C=NNC4)ccc3n2)C1. The summed E-state index contributed by atoms with van der Waals surface area (Å²) in [5, 5.41) is 18.7. The van der Waals surface area contributed by atoms with Gasteiger partial charge in [0.25, 0.3) is 0 Å². The standard InChI is InChI=1S/C25H26N6O2/c32-24-19-10-16(17-11-26-27-12-17)6-9-22(19)29-23(30-24)21-14-31(25(33)28-18-7-8-18)13-20(21)15-4-2-1-3-5-15/h1-6,9-11,17-18,20-21,27H,7-8,12-14H2,(H,28,33)(H,29,30,32)/t17?,20-,21+/m0/s1. The molecular formula is C25H26N6O2. The fourth-order valence-corrected chi connectivity index (χ4v) is 4.86. The van der Waals surface area contributed by atoms with Gasteiger partial charge >= 0.3 is 6.03 Å². The van der Waals surface area contributed by atoms with E-state index in [1.54, 1.807) is 0 Å². The third-order valence-electron chi connectivity index (χ3n) is 6.87. The molecule has 1 saturated heterocycles. The Kier molecular flexibility index (Phi) is 4.86. The highest BCUT2D eigenvalue weighted by molar-refractivity contribution is 5.85. The van der Waals surface area contributed by atoms with Gasteiger partial charge in [-0.2, -0.15) is 10.1 Å². The van der Waals surface area contributed by atoms with Crippen molar-refractivity contribution in [1.29, 1.82) is 0 Å². The molecule has 3 atom stereocenters. The number of amides is 2. The molecule has 2 fully saturated rings. The molecule has 1 aliphatic carbocycles. The summed E-state index contributed by atoms with van der Waals surface area (Å²) in [6.45, 7) is 1.86. The molecule has 6 rings (SSSR count). The lowest BCUT2D eigenvalue weighted by molar-refractivity contribution is 0.207. The Morgan fingerprint density at radius 1 is 1.03 bits per heavy atom. The molecule has 2 amide bonds. The number of nitrogens with zero attached hydrogens (tertiary/aromatic N) is 4. The van der Waals surface area contributed by atoms with Gasteiger partial charge in [0.1, 0.15) is 5.82 Å². The van der Waals surface area contributed by atoms with Crippen LogP contribution >= 0.6 is 0 Å². The number of nitrogens with one attached hydrogen (secondary N) is 2. The van der Waals surface area contributed by atoms with Crippen LogP contribution in [0.25, 0.3) is 10.9 Å². The summed E-state index contributed by atoms with van der Waals surface area (Å²) >= 11 is 0. The van der Waals surface area contributed by atoms with Crippen LogP contribution in [0.3, 0.4) is 0 Å². The summed E-state index contributed by atoms with van der Waals surface area (Å²) < 4.78 is 0. The van der Waals surface area contributed by atoms with E-state index in [1.165, 1.54) is 0 Å². The molecule has 0 spiro atoms. The van der Waals surface area contributed by atoms with Gasteiger partial charge in [-0.1, -0.05) is 36.4 Å². The first kappa shape index (κ1) is 20.0. The first-order chi connectivity index (χ1) is 16.2. The van der Waals surface area contributed by atoms with E-state index in [0.29, 0.717) is 35.9 Å². The van der Waals surface area contributed by atoms with Crippen molar-refractivity contribution in [3.05, 3.63) is 65.5 Å². The molecule has 0 radical (unpaired) electrons. The van der Waals surface area contributed by atoms with Gasteiger partial charge in [-0.3, -0.25) is 0 Å². The fraction of sp³-hybridized carbons (Fsp3) is 0.360. The second-order valence-electron chi connectivity index (χ2n) is 9.18. The van der Waals surface area contributed by atoms with Crippen LogP contribution in [0, 0.1) is 0 Å². The number of carbonyl (C=O) groups excluding carboxylic acids is 1. The van der Waals surface area contributed by atoms with Gasteiger partial charge in [0.2, 0.25) is 5.88 Å². The molecule has 3 aliphatic rings. The van der Waals surface area contributed by atoms with Gasteiger partial charge < -0.3 is 20.7 Å². The third kappa shape index (κ3) is 3.86. The summed E-state index contributed by atoms with van der Waals surface area (Å²) in [5.41, 5.74) is 5.89. The normalized spacial score (nSPS) is 24.2. The Bertz CT molecular complexity index is 1230. The molecule has 1 aromatic heterocycles. The van der Waals surface area contributed by atoms with Crippen LogP contribution in [0.1, 0.15) is 47.5 Å². The van der Waals surface area contributed by atoms with Crippen molar-refractivity contribution in [3.63, 3.8) is 0 Å². The van der Waals surface area contributed by atoms with Crippen LogP contribution < -0.4 is 10.7 Å². The number of hydrogen-bond acceptors (Lipinski definition) is 6.